The van der Waals surface area contributed by atoms with E-state index in [0.29, 0.717) is 22.7 Å². The van der Waals surface area contributed by atoms with Gasteiger partial charge in [-0.1, -0.05) is 32.0 Å². The van der Waals surface area contributed by atoms with Crippen LogP contribution in [0.2, 0.25) is 0 Å². The summed E-state index contributed by atoms with van der Waals surface area (Å²) in [4.78, 5) is 43.1. The van der Waals surface area contributed by atoms with Crippen molar-refractivity contribution in [3.63, 3.8) is 0 Å². The van der Waals surface area contributed by atoms with Crippen molar-refractivity contribution in [3.8, 4) is 0 Å². The molecule has 156 valence electrons. The Morgan fingerprint density at radius 2 is 1.97 bits per heavy atom. The molecule has 3 heterocycles. The molecule has 0 saturated carbocycles. The second-order valence-corrected chi connectivity index (χ2v) is 8.78. The van der Waals surface area contributed by atoms with Gasteiger partial charge in [0.25, 0.3) is 5.56 Å². The molecule has 31 heavy (non-hydrogen) atoms. The Labute approximate surface area is 205 Å². The summed E-state index contributed by atoms with van der Waals surface area (Å²) in [5.74, 6) is -1.01. The summed E-state index contributed by atoms with van der Waals surface area (Å²) in [6.07, 6.45) is 2.05. The van der Waals surface area contributed by atoms with Crippen LogP contribution in [0.1, 0.15) is 36.1 Å². The van der Waals surface area contributed by atoms with Gasteiger partial charge in [-0.05, 0) is 23.6 Å². The number of carbonyl (C=O) groups is 1. The average Bonchev–Trinajstić information content (AvgIpc) is 3.09. The van der Waals surface area contributed by atoms with Crippen LogP contribution in [0.4, 0.5) is 0 Å². The Morgan fingerprint density at radius 1 is 1.23 bits per heavy atom. The van der Waals surface area contributed by atoms with Gasteiger partial charge in [0.1, 0.15) is 4.83 Å². The van der Waals surface area contributed by atoms with Crippen molar-refractivity contribution in [2.45, 2.75) is 26.8 Å². The fourth-order valence-corrected chi connectivity index (χ4v) is 5.05. The van der Waals surface area contributed by atoms with E-state index in [1.54, 1.807) is 6.20 Å². The number of carboxylic acid groups (broad SMARTS) is 1. The predicted molar refractivity (Wildman–Crippen MR) is 119 cm³/mol. The minimum absolute atomic E-state index is 0. The first-order chi connectivity index (χ1) is 14.3. The third-order valence-electron chi connectivity index (χ3n) is 5.09. The summed E-state index contributed by atoms with van der Waals surface area (Å²) in [5.41, 5.74) is 0.716. The van der Waals surface area contributed by atoms with Gasteiger partial charge in [0.15, 0.2) is 0 Å². The predicted octanol–water partition coefficient (Wildman–Crippen LogP) is 0.371. The maximum atomic E-state index is 12.9. The molecule has 0 aliphatic heterocycles. The molecule has 4 rings (SSSR count). The number of nitrogens with zero attached hydrogens (tertiary/aromatic N) is 3. The van der Waals surface area contributed by atoms with E-state index in [9.17, 15) is 19.5 Å². The number of benzene rings is 1. The molecule has 0 saturated heterocycles. The summed E-state index contributed by atoms with van der Waals surface area (Å²) in [6.45, 7) is 4.35. The quantitative estimate of drug-likeness (QED) is 0.446. The Morgan fingerprint density at radius 3 is 2.65 bits per heavy atom. The number of carboxylic acids is 1. The molecule has 0 unspecified atom stereocenters. The third kappa shape index (κ3) is 4.13. The molecular formula is C22H22N3NaO4S. The van der Waals surface area contributed by atoms with Crippen LogP contribution in [0.25, 0.3) is 21.1 Å². The standard InChI is InChI=1S/C22H21N3O4S.Na.H/c1-12(2)11-25-20-18(19(26)24(3)22(25)29)17(21(27)28)16(30-20)10-13-6-4-8-15-14(13)7-5-9-23-15;;/h4-9,12H,10-11H2,1-3H3,(H,27,28);;/q;+1;-1. The van der Waals surface area contributed by atoms with Crippen molar-refractivity contribution in [2.24, 2.45) is 13.0 Å². The molecule has 0 bridgehead atoms. The third-order valence-corrected chi connectivity index (χ3v) is 6.31. The molecule has 1 aromatic carbocycles. The number of aromatic nitrogens is 3. The van der Waals surface area contributed by atoms with Crippen LogP contribution in [0.5, 0.6) is 0 Å². The second-order valence-electron chi connectivity index (χ2n) is 7.70. The molecule has 3 aromatic heterocycles. The number of aromatic carboxylic acids is 1. The average molecular weight is 447 g/mol. The normalized spacial score (nSPS) is 11.2. The van der Waals surface area contributed by atoms with Gasteiger partial charge < -0.3 is 6.53 Å². The van der Waals surface area contributed by atoms with Crippen LogP contribution in [-0.2, 0) is 20.0 Å². The number of hydrogen-bond acceptors (Lipinski definition) is 5. The number of pyridine rings is 1. The van der Waals surface area contributed by atoms with E-state index in [2.05, 4.69) is 4.98 Å². The number of fused-ring (bicyclic) bond motifs is 2. The molecule has 0 amide bonds. The van der Waals surface area contributed by atoms with Gasteiger partial charge in [-0.2, -0.15) is 0 Å². The molecule has 0 radical (unpaired) electrons. The maximum Gasteiger partial charge on any atom is 1.00 e. The molecule has 0 aliphatic rings. The van der Waals surface area contributed by atoms with Gasteiger partial charge in [-0.15, -0.1) is 11.3 Å². The smallest absolute Gasteiger partial charge is 1.00 e. The molecule has 0 aliphatic carbocycles. The van der Waals surface area contributed by atoms with Crippen LogP contribution >= 0.6 is 11.3 Å². The van der Waals surface area contributed by atoms with E-state index in [1.165, 1.54) is 23.0 Å². The summed E-state index contributed by atoms with van der Waals surface area (Å²) in [6, 6.07) is 9.49. The number of rotatable bonds is 5. The molecule has 7 nitrogen and oxygen atoms in total. The van der Waals surface area contributed by atoms with Crippen molar-refractivity contribution < 1.29 is 40.9 Å². The molecule has 0 spiro atoms. The van der Waals surface area contributed by atoms with Gasteiger partial charge in [-0.25, -0.2) is 9.59 Å². The van der Waals surface area contributed by atoms with Crippen molar-refractivity contribution in [1.82, 2.24) is 14.1 Å². The maximum absolute atomic E-state index is 12.9. The van der Waals surface area contributed by atoms with Gasteiger partial charge in [0.05, 0.1) is 16.5 Å². The SMILES string of the molecule is CC(C)Cn1c(=O)n(C)c(=O)c2c(C(=O)O)c(Cc3cccc4ncccc34)sc21.[H-].[Na+]. The molecule has 1 N–H and O–H groups in total. The number of thiophene rings is 1. The summed E-state index contributed by atoms with van der Waals surface area (Å²) >= 11 is 1.21. The van der Waals surface area contributed by atoms with Crippen molar-refractivity contribution in [2.75, 3.05) is 0 Å². The monoisotopic (exact) mass is 447 g/mol. The first-order valence-corrected chi connectivity index (χ1v) is 10.4. The molecule has 0 fully saturated rings. The van der Waals surface area contributed by atoms with Gasteiger partial charge >= 0.3 is 41.2 Å². The zero-order chi connectivity index (χ0) is 21.6. The molecular weight excluding hydrogens is 425 g/mol. The molecule has 4 aromatic rings. The van der Waals surface area contributed by atoms with Gasteiger partial charge in [0, 0.05) is 36.5 Å². The zero-order valence-electron chi connectivity index (χ0n) is 18.9. The minimum atomic E-state index is -1.17. The van der Waals surface area contributed by atoms with Crippen LogP contribution in [0.15, 0.2) is 46.1 Å². The fraction of sp³-hybridized carbons (Fsp3) is 0.273. The topological polar surface area (TPSA) is 94.2 Å². The van der Waals surface area contributed by atoms with E-state index in [-0.39, 0.29) is 47.9 Å². The van der Waals surface area contributed by atoms with E-state index in [0.717, 1.165) is 21.0 Å². The summed E-state index contributed by atoms with van der Waals surface area (Å²) < 4.78 is 2.52. The summed E-state index contributed by atoms with van der Waals surface area (Å²) in [5, 5.41) is 11.0. The Hall–Kier alpha value is -2.26. The first kappa shape index (κ1) is 23.4. The van der Waals surface area contributed by atoms with Crippen molar-refractivity contribution in [3.05, 3.63) is 73.4 Å². The van der Waals surface area contributed by atoms with Crippen molar-refractivity contribution >= 4 is 38.4 Å². The van der Waals surface area contributed by atoms with Gasteiger partial charge in [-0.3, -0.25) is 18.9 Å². The Kier molecular flexibility index (Phi) is 6.85. The van der Waals surface area contributed by atoms with Crippen LogP contribution in [0, 0.1) is 5.92 Å². The fourth-order valence-electron chi connectivity index (χ4n) is 3.75. The second kappa shape index (κ2) is 9.08. The van der Waals surface area contributed by atoms with Crippen LogP contribution < -0.4 is 40.8 Å². The Balaban J connectivity index is 0.00000181. The number of hydrogen-bond donors (Lipinski definition) is 1. The minimum Gasteiger partial charge on any atom is -1.00 e. The largest absolute Gasteiger partial charge is 1.00 e. The van der Waals surface area contributed by atoms with E-state index >= 15 is 0 Å². The van der Waals surface area contributed by atoms with Crippen LogP contribution in [-0.4, -0.2) is 25.2 Å². The van der Waals surface area contributed by atoms with Crippen molar-refractivity contribution in [1.29, 1.82) is 0 Å². The zero-order valence-corrected chi connectivity index (χ0v) is 20.7. The van der Waals surface area contributed by atoms with Crippen LogP contribution in [0.3, 0.4) is 0 Å². The van der Waals surface area contributed by atoms with E-state index in [4.69, 9.17) is 0 Å². The van der Waals surface area contributed by atoms with E-state index in [1.807, 2.05) is 44.2 Å². The van der Waals surface area contributed by atoms with Gasteiger partial charge in [0.2, 0.25) is 0 Å². The molecule has 9 heteroatoms. The summed E-state index contributed by atoms with van der Waals surface area (Å²) in [7, 11) is 1.39. The molecule has 0 atom stereocenters. The van der Waals surface area contributed by atoms with E-state index < -0.39 is 17.2 Å². The Bertz CT molecular complexity index is 1420. The first-order valence-electron chi connectivity index (χ1n) is 9.60.